The Morgan fingerprint density at radius 1 is 0.833 bits per heavy atom. The predicted molar refractivity (Wildman–Crippen MR) is 114 cm³/mol. The third-order valence-corrected chi connectivity index (χ3v) is 7.59. The molecule has 0 saturated carbocycles. The lowest BCUT2D eigenvalue weighted by molar-refractivity contribution is 0.379. The van der Waals surface area contributed by atoms with E-state index in [-0.39, 0.29) is 7.92 Å². The van der Waals surface area contributed by atoms with Gasteiger partial charge >= 0.3 is 0 Å². The van der Waals surface area contributed by atoms with Crippen molar-refractivity contribution in [1.82, 2.24) is 4.90 Å². The topological polar surface area (TPSA) is 3.24 Å². The van der Waals surface area contributed by atoms with E-state index in [4.69, 9.17) is 0 Å². The largest absolute Gasteiger partial charge is 0.305 e. The SMILES string of the molecule is CN(CCSC(C)(C)C)CCP(c1ccccc1)c1ccccc1. The van der Waals surface area contributed by atoms with Gasteiger partial charge in [0.1, 0.15) is 0 Å². The summed E-state index contributed by atoms with van der Waals surface area (Å²) in [7, 11) is 1.99. The van der Waals surface area contributed by atoms with E-state index in [9.17, 15) is 0 Å². The summed E-state index contributed by atoms with van der Waals surface area (Å²) in [6, 6.07) is 22.0. The molecule has 0 aliphatic carbocycles. The van der Waals surface area contributed by atoms with Crippen molar-refractivity contribution in [3.8, 4) is 0 Å². The minimum atomic E-state index is -0.269. The van der Waals surface area contributed by atoms with Gasteiger partial charge in [-0.1, -0.05) is 81.4 Å². The van der Waals surface area contributed by atoms with E-state index < -0.39 is 0 Å². The molecule has 3 heteroatoms. The van der Waals surface area contributed by atoms with Gasteiger partial charge in [-0.3, -0.25) is 0 Å². The molecule has 0 heterocycles. The fourth-order valence-electron chi connectivity index (χ4n) is 2.51. The summed E-state index contributed by atoms with van der Waals surface area (Å²) in [5.74, 6) is 1.20. The van der Waals surface area contributed by atoms with Crippen molar-refractivity contribution in [3.63, 3.8) is 0 Å². The second-order valence-electron chi connectivity index (χ2n) is 7.09. The smallest absolute Gasteiger partial charge is 0.00755 e. The molecule has 0 saturated heterocycles. The number of rotatable bonds is 8. The minimum Gasteiger partial charge on any atom is -0.305 e. The zero-order chi connectivity index (χ0) is 17.4. The molecule has 0 aromatic heterocycles. The molecule has 2 aromatic rings. The fraction of sp³-hybridized carbons (Fsp3) is 0.429. The van der Waals surface area contributed by atoms with Crippen molar-refractivity contribution in [3.05, 3.63) is 60.7 Å². The van der Waals surface area contributed by atoms with Crippen LogP contribution >= 0.6 is 19.7 Å². The van der Waals surface area contributed by atoms with Gasteiger partial charge in [0.05, 0.1) is 0 Å². The second-order valence-corrected chi connectivity index (χ2v) is 11.3. The standard InChI is InChI=1S/C21H30NPS/c1-21(2,3)24-18-16-22(4)15-17-23(19-11-7-5-8-12-19)20-13-9-6-10-14-20/h5-14H,15-18H2,1-4H3. The van der Waals surface area contributed by atoms with Gasteiger partial charge in [0, 0.05) is 23.6 Å². The first-order valence-corrected chi connectivity index (χ1v) is 11.2. The van der Waals surface area contributed by atoms with Gasteiger partial charge in [-0.15, -0.1) is 0 Å². The van der Waals surface area contributed by atoms with Crippen LogP contribution in [0.15, 0.2) is 60.7 Å². The summed E-state index contributed by atoms with van der Waals surface area (Å²) in [6.07, 6.45) is 1.22. The molecular formula is C21H30NPS. The van der Waals surface area contributed by atoms with Crippen molar-refractivity contribution in [1.29, 1.82) is 0 Å². The Labute approximate surface area is 153 Å². The fourth-order valence-corrected chi connectivity index (χ4v) is 5.95. The van der Waals surface area contributed by atoms with Crippen LogP contribution in [0.4, 0.5) is 0 Å². The van der Waals surface area contributed by atoms with E-state index in [0.717, 1.165) is 13.1 Å². The molecule has 0 amide bonds. The quantitative estimate of drug-likeness (QED) is 0.635. The van der Waals surface area contributed by atoms with Crippen LogP contribution in [0, 0.1) is 0 Å². The van der Waals surface area contributed by atoms with Gasteiger partial charge in [0.25, 0.3) is 0 Å². The Bertz CT molecular complexity index is 540. The minimum absolute atomic E-state index is 0.269. The highest BCUT2D eigenvalue weighted by Gasteiger charge is 2.15. The molecule has 1 nitrogen and oxygen atoms in total. The summed E-state index contributed by atoms with van der Waals surface area (Å²) >= 11 is 2.05. The van der Waals surface area contributed by atoms with Crippen LogP contribution in [-0.2, 0) is 0 Å². The summed E-state index contributed by atoms with van der Waals surface area (Å²) in [4.78, 5) is 2.49. The molecule has 0 fully saturated rings. The van der Waals surface area contributed by atoms with Gasteiger partial charge in [-0.05, 0) is 31.7 Å². The number of hydrogen-bond acceptors (Lipinski definition) is 2. The Balaban J connectivity index is 1.94. The monoisotopic (exact) mass is 359 g/mol. The van der Waals surface area contributed by atoms with Gasteiger partial charge in [0.2, 0.25) is 0 Å². The van der Waals surface area contributed by atoms with Crippen molar-refractivity contribution >= 4 is 30.3 Å². The maximum Gasteiger partial charge on any atom is 0.00755 e. The average Bonchev–Trinajstić information content (AvgIpc) is 2.56. The van der Waals surface area contributed by atoms with Crippen molar-refractivity contribution < 1.29 is 0 Å². The molecule has 0 radical (unpaired) electrons. The number of thioether (sulfide) groups is 1. The molecule has 2 aromatic carbocycles. The predicted octanol–water partition coefficient (Wildman–Crippen LogP) is 4.58. The van der Waals surface area contributed by atoms with Crippen molar-refractivity contribution in [2.75, 3.05) is 32.1 Å². The molecule has 2 rings (SSSR count). The lowest BCUT2D eigenvalue weighted by atomic mass is 10.3. The zero-order valence-corrected chi connectivity index (χ0v) is 17.1. The molecule has 0 spiro atoms. The van der Waals surface area contributed by atoms with Crippen LogP contribution in [-0.4, -0.2) is 41.7 Å². The summed E-state index contributed by atoms with van der Waals surface area (Å²) < 4.78 is 0.363. The van der Waals surface area contributed by atoms with Gasteiger partial charge in [-0.2, -0.15) is 11.8 Å². The first kappa shape index (κ1) is 19.5. The first-order valence-electron chi connectivity index (χ1n) is 8.66. The molecule has 24 heavy (non-hydrogen) atoms. The Kier molecular flexibility index (Phi) is 7.81. The summed E-state index contributed by atoms with van der Waals surface area (Å²) in [5, 5.41) is 2.97. The highest BCUT2D eigenvalue weighted by Crippen LogP contribution is 2.33. The molecule has 0 aliphatic heterocycles. The number of hydrogen-bond donors (Lipinski definition) is 0. The molecule has 0 aliphatic rings. The Morgan fingerprint density at radius 3 is 1.79 bits per heavy atom. The first-order chi connectivity index (χ1) is 11.5. The van der Waals surface area contributed by atoms with E-state index in [1.165, 1.54) is 22.5 Å². The summed E-state index contributed by atoms with van der Waals surface area (Å²) in [6.45, 7) is 9.19. The van der Waals surface area contributed by atoms with Gasteiger partial charge < -0.3 is 4.90 Å². The van der Waals surface area contributed by atoms with Crippen LogP contribution in [0.3, 0.4) is 0 Å². The van der Waals surface area contributed by atoms with Crippen LogP contribution in [0.5, 0.6) is 0 Å². The molecule has 0 bridgehead atoms. The third-order valence-electron chi connectivity index (χ3n) is 3.85. The van der Waals surface area contributed by atoms with E-state index in [0.29, 0.717) is 4.75 Å². The van der Waals surface area contributed by atoms with Crippen LogP contribution < -0.4 is 10.6 Å². The van der Waals surface area contributed by atoms with E-state index in [1.807, 2.05) is 0 Å². The Hall–Kier alpha value is -0.820. The molecular weight excluding hydrogens is 329 g/mol. The normalized spacial score (nSPS) is 12.1. The average molecular weight is 360 g/mol. The molecule has 0 N–H and O–H groups in total. The van der Waals surface area contributed by atoms with E-state index in [1.54, 1.807) is 0 Å². The van der Waals surface area contributed by atoms with E-state index >= 15 is 0 Å². The van der Waals surface area contributed by atoms with Crippen molar-refractivity contribution in [2.24, 2.45) is 0 Å². The maximum absolute atomic E-state index is 2.49. The molecule has 0 atom stereocenters. The van der Waals surface area contributed by atoms with Gasteiger partial charge in [-0.25, -0.2) is 0 Å². The highest BCUT2D eigenvalue weighted by atomic mass is 32.2. The highest BCUT2D eigenvalue weighted by molar-refractivity contribution is 8.00. The lowest BCUT2D eigenvalue weighted by Crippen LogP contribution is -2.28. The van der Waals surface area contributed by atoms with Crippen molar-refractivity contribution in [2.45, 2.75) is 25.5 Å². The van der Waals surface area contributed by atoms with Crippen LogP contribution in [0.1, 0.15) is 20.8 Å². The van der Waals surface area contributed by atoms with Crippen LogP contribution in [0.25, 0.3) is 0 Å². The lowest BCUT2D eigenvalue weighted by Gasteiger charge is -2.24. The Morgan fingerprint density at radius 2 is 1.33 bits per heavy atom. The molecule has 130 valence electrons. The number of benzene rings is 2. The second kappa shape index (κ2) is 9.61. The van der Waals surface area contributed by atoms with Crippen LogP contribution in [0.2, 0.25) is 0 Å². The number of nitrogens with zero attached hydrogens (tertiary/aromatic N) is 1. The summed E-state index contributed by atoms with van der Waals surface area (Å²) in [5.41, 5.74) is 0. The van der Waals surface area contributed by atoms with Gasteiger partial charge in [0.15, 0.2) is 0 Å². The maximum atomic E-state index is 2.49. The van der Waals surface area contributed by atoms with E-state index in [2.05, 4.69) is 105 Å². The zero-order valence-electron chi connectivity index (χ0n) is 15.4. The third kappa shape index (κ3) is 6.97. The molecule has 0 unspecified atom stereocenters.